The second-order valence-corrected chi connectivity index (χ2v) is 11.5. The molecule has 3 heterocycles. The van der Waals surface area contributed by atoms with Gasteiger partial charge in [0.2, 0.25) is 12.0 Å². The van der Waals surface area contributed by atoms with E-state index in [1.807, 2.05) is 0 Å². The molecule has 3 aromatic rings. The van der Waals surface area contributed by atoms with Crippen LogP contribution >= 0.6 is 0 Å². The molecule has 0 unspecified atom stereocenters. The SMILES string of the molecule is COc1ccc([C@]23C[C@@]4(O)C(=O)N(C)[C@H](O)C(=O)N4[C@H]2N(S(=O)(=O)c2ccccc2)c2ccccc23)cc1. The Balaban J connectivity index is 1.69. The Morgan fingerprint density at radius 3 is 2.24 bits per heavy atom. The van der Waals surface area contributed by atoms with Crippen molar-refractivity contribution in [2.24, 2.45) is 0 Å². The quantitative estimate of drug-likeness (QED) is 0.514. The maximum Gasteiger partial charge on any atom is 0.278 e. The Hall–Kier alpha value is -3.93. The largest absolute Gasteiger partial charge is 0.497 e. The minimum absolute atomic E-state index is 0.0239. The number of ether oxygens (including phenoxy) is 1. The second kappa shape index (κ2) is 8.03. The summed E-state index contributed by atoms with van der Waals surface area (Å²) in [6.45, 7) is 0. The Kier molecular flexibility index (Phi) is 5.16. The van der Waals surface area contributed by atoms with Crippen LogP contribution in [-0.4, -0.2) is 72.5 Å². The van der Waals surface area contributed by atoms with Crippen molar-refractivity contribution in [2.75, 3.05) is 18.5 Å². The van der Waals surface area contributed by atoms with E-state index >= 15 is 0 Å². The monoisotopic (exact) mass is 535 g/mol. The van der Waals surface area contributed by atoms with E-state index in [1.54, 1.807) is 66.7 Å². The van der Waals surface area contributed by atoms with Gasteiger partial charge >= 0.3 is 0 Å². The number of anilines is 1. The van der Waals surface area contributed by atoms with E-state index in [0.29, 0.717) is 22.6 Å². The summed E-state index contributed by atoms with van der Waals surface area (Å²) >= 11 is 0. The number of benzene rings is 3. The third-order valence-electron chi connectivity index (χ3n) is 7.85. The van der Waals surface area contributed by atoms with Crippen molar-refractivity contribution in [3.8, 4) is 5.75 Å². The van der Waals surface area contributed by atoms with Gasteiger partial charge in [0.15, 0.2) is 0 Å². The number of aliphatic hydroxyl groups excluding tert-OH is 1. The number of para-hydroxylation sites is 1. The summed E-state index contributed by atoms with van der Waals surface area (Å²) in [5.41, 5.74) is -2.35. The number of aliphatic hydroxyl groups is 2. The fraction of sp³-hybridized carbons (Fsp3) is 0.259. The molecule has 11 heteroatoms. The zero-order valence-corrected chi connectivity index (χ0v) is 21.4. The van der Waals surface area contributed by atoms with E-state index in [0.717, 1.165) is 14.1 Å². The van der Waals surface area contributed by atoms with Gasteiger partial charge < -0.3 is 19.8 Å². The highest BCUT2D eigenvalue weighted by Gasteiger charge is 2.74. The van der Waals surface area contributed by atoms with E-state index in [4.69, 9.17) is 4.74 Å². The second-order valence-electron chi connectivity index (χ2n) is 9.70. The smallest absolute Gasteiger partial charge is 0.278 e. The lowest BCUT2D eigenvalue weighted by atomic mass is 9.72. The van der Waals surface area contributed by atoms with Gasteiger partial charge in [-0.3, -0.25) is 14.5 Å². The van der Waals surface area contributed by atoms with E-state index in [2.05, 4.69) is 0 Å². The third kappa shape index (κ3) is 2.91. The number of hydrogen-bond donors (Lipinski definition) is 2. The molecular weight excluding hydrogens is 510 g/mol. The van der Waals surface area contributed by atoms with Crippen molar-refractivity contribution in [1.82, 2.24) is 9.80 Å². The molecule has 2 fully saturated rings. The molecule has 0 saturated carbocycles. The van der Waals surface area contributed by atoms with Gasteiger partial charge in [-0.2, -0.15) is 0 Å². The first-order chi connectivity index (χ1) is 18.1. The van der Waals surface area contributed by atoms with Crippen molar-refractivity contribution in [1.29, 1.82) is 0 Å². The molecule has 0 aromatic heterocycles. The molecule has 3 aliphatic rings. The Morgan fingerprint density at radius 2 is 1.58 bits per heavy atom. The lowest BCUT2D eigenvalue weighted by molar-refractivity contribution is -0.207. The molecule has 3 aromatic carbocycles. The first-order valence-corrected chi connectivity index (χ1v) is 13.4. The van der Waals surface area contributed by atoms with Crippen LogP contribution in [-0.2, 0) is 25.0 Å². The first-order valence-electron chi connectivity index (χ1n) is 11.9. The van der Waals surface area contributed by atoms with Gasteiger partial charge in [0.1, 0.15) is 11.9 Å². The van der Waals surface area contributed by atoms with E-state index in [9.17, 15) is 28.2 Å². The van der Waals surface area contributed by atoms with Gasteiger partial charge in [-0.05, 0) is 41.5 Å². The maximum absolute atomic E-state index is 14.3. The number of piperazine rings is 1. The molecule has 10 nitrogen and oxygen atoms in total. The van der Waals surface area contributed by atoms with Gasteiger partial charge in [-0.1, -0.05) is 48.5 Å². The van der Waals surface area contributed by atoms with E-state index in [-0.39, 0.29) is 11.3 Å². The molecule has 4 atom stereocenters. The predicted molar refractivity (Wildman–Crippen MR) is 135 cm³/mol. The predicted octanol–water partition coefficient (Wildman–Crippen LogP) is 1.23. The number of rotatable bonds is 4. The number of nitrogens with zero attached hydrogens (tertiary/aromatic N) is 3. The van der Waals surface area contributed by atoms with Gasteiger partial charge in [0.25, 0.3) is 21.8 Å². The van der Waals surface area contributed by atoms with Crippen molar-refractivity contribution < 1.29 is 33.0 Å². The van der Waals surface area contributed by atoms with Gasteiger partial charge in [-0.25, -0.2) is 12.7 Å². The zero-order valence-electron chi connectivity index (χ0n) is 20.6. The van der Waals surface area contributed by atoms with Crippen LogP contribution < -0.4 is 9.04 Å². The van der Waals surface area contributed by atoms with Crippen molar-refractivity contribution >= 4 is 27.5 Å². The Labute approximate surface area is 219 Å². The summed E-state index contributed by atoms with van der Waals surface area (Å²) in [5.74, 6) is -1.32. The van der Waals surface area contributed by atoms with Crippen LogP contribution in [0.25, 0.3) is 0 Å². The first kappa shape index (κ1) is 24.4. The molecule has 3 aliphatic heterocycles. The summed E-state index contributed by atoms with van der Waals surface area (Å²) in [7, 11) is -1.58. The summed E-state index contributed by atoms with van der Waals surface area (Å²) in [5, 5.41) is 22.6. The molecule has 0 aliphatic carbocycles. The number of sulfonamides is 1. The van der Waals surface area contributed by atoms with Gasteiger partial charge in [0.05, 0.1) is 23.1 Å². The molecule has 2 N–H and O–H groups in total. The third-order valence-corrected chi connectivity index (χ3v) is 9.63. The highest BCUT2D eigenvalue weighted by Crippen LogP contribution is 2.62. The van der Waals surface area contributed by atoms with E-state index in [1.165, 1.54) is 26.3 Å². The number of fused-ring (bicyclic) bond motifs is 5. The highest BCUT2D eigenvalue weighted by atomic mass is 32.2. The Bertz CT molecular complexity index is 1560. The van der Waals surface area contributed by atoms with Gasteiger partial charge in [-0.15, -0.1) is 0 Å². The van der Waals surface area contributed by atoms with Crippen LogP contribution in [0, 0.1) is 0 Å². The maximum atomic E-state index is 14.3. The topological polar surface area (TPSA) is 128 Å². The standard InChI is InChI=1S/C27H25N3O7S/c1-28-22(31)23(32)29-24-26(16-27(29,34)25(28)33,17-12-14-18(37-2)15-13-17)20-10-6-7-11-21(20)30(24)38(35,36)19-8-4-3-5-9-19/h3-15,22,24,31,34H,16H2,1-2H3/t22-,24+,26+,27-/m1/s1. The van der Waals surface area contributed by atoms with Gasteiger partial charge in [0, 0.05) is 13.5 Å². The summed E-state index contributed by atoms with van der Waals surface area (Å²) in [6.07, 6.45) is -3.60. The summed E-state index contributed by atoms with van der Waals surface area (Å²) in [6, 6.07) is 21.4. The normalized spacial score (nSPS) is 28.3. The molecule has 196 valence electrons. The summed E-state index contributed by atoms with van der Waals surface area (Å²) in [4.78, 5) is 28.7. The van der Waals surface area contributed by atoms with Crippen molar-refractivity contribution in [2.45, 2.75) is 34.8 Å². The fourth-order valence-corrected chi connectivity index (χ4v) is 7.81. The molecule has 0 bridgehead atoms. The molecule has 6 rings (SSSR count). The average molecular weight is 536 g/mol. The summed E-state index contributed by atoms with van der Waals surface area (Å²) < 4.78 is 34.9. The van der Waals surface area contributed by atoms with Crippen molar-refractivity contribution in [3.05, 3.63) is 90.0 Å². The molecule has 2 amide bonds. The number of methoxy groups -OCH3 is 1. The fourth-order valence-electron chi connectivity index (χ4n) is 6.13. The molecule has 0 spiro atoms. The molecule has 2 saturated heterocycles. The van der Waals surface area contributed by atoms with E-state index < -0.39 is 45.4 Å². The number of hydrogen-bond acceptors (Lipinski definition) is 7. The molecule has 38 heavy (non-hydrogen) atoms. The van der Waals surface area contributed by atoms with Crippen LogP contribution in [0.4, 0.5) is 5.69 Å². The lowest BCUT2D eigenvalue weighted by Gasteiger charge is -2.46. The Morgan fingerprint density at radius 1 is 0.947 bits per heavy atom. The number of carbonyl (C=O) groups is 2. The van der Waals surface area contributed by atoms with Crippen LogP contribution in [0.3, 0.4) is 0 Å². The number of carbonyl (C=O) groups excluding carboxylic acids is 2. The minimum atomic E-state index is -4.32. The van der Waals surface area contributed by atoms with Crippen LogP contribution in [0.2, 0.25) is 0 Å². The highest BCUT2D eigenvalue weighted by molar-refractivity contribution is 7.92. The van der Waals surface area contributed by atoms with Crippen molar-refractivity contribution in [3.63, 3.8) is 0 Å². The molecular formula is C27H25N3O7S. The number of amides is 2. The number of likely N-dealkylation sites (N-methyl/N-ethyl adjacent to an activating group) is 1. The van der Waals surface area contributed by atoms with Crippen LogP contribution in [0.5, 0.6) is 5.75 Å². The van der Waals surface area contributed by atoms with Crippen LogP contribution in [0.1, 0.15) is 17.5 Å². The zero-order chi connectivity index (χ0) is 27.0. The molecule has 0 radical (unpaired) electrons. The van der Waals surface area contributed by atoms with Crippen LogP contribution in [0.15, 0.2) is 83.8 Å². The lowest BCUT2D eigenvalue weighted by Crippen LogP contribution is -2.71. The minimum Gasteiger partial charge on any atom is -0.497 e. The average Bonchev–Trinajstić information content (AvgIpc) is 3.38.